The normalized spacial score (nSPS) is 16.3. The maximum atomic E-state index is 13.4. The van der Waals surface area contributed by atoms with Crippen LogP contribution in [-0.4, -0.2) is 254 Å². The molecule has 0 saturated carbocycles. The van der Waals surface area contributed by atoms with Gasteiger partial charge in [0.2, 0.25) is 26.8 Å². The zero-order valence-corrected chi connectivity index (χ0v) is 77.9. The van der Waals surface area contributed by atoms with Crippen molar-refractivity contribution < 1.29 is 73.2 Å². The first kappa shape index (κ1) is 97.2. The molecule has 0 spiro atoms. The molecule has 13 heterocycles. The highest BCUT2D eigenvalue weighted by Gasteiger charge is 2.41. The van der Waals surface area contributed by atoms with E-state index in [0.717, 1.165) is 6.26 Å². The topological polar surface area (TPSA) is 371 Å². The number of amides is 4. The van der Waals surface area contributed by atoms with E-state index < -0.39 is 15.7 Å². The van der Waals surface area contributed by atoms with Gasteiger partial charge in [-0.3, -0.25) is 47.6 Å². The molecular weight excluding hydrogens is 1840 g/mol. The Kier molecular flexibility index (Phi) is 31.6. The second-order valence-corrected chi connectivity index (χ2v) is 35.4. The highest BCUT2D eigenvalue weighted by Crippen LogP contribution is 2.37. The van der Waals surface area contributed by atoms with Crippen LogP contribution in [0.25, 0.3) is 67.5 Å². The van der Waals surface area contributed by atoms with Gasteiger partial charge in [-0.2, -0.15) is 0 Å². The Hall–Kier alpha value is -12.8. The molecule has 2 fully saturated rings. The first-order valence-corrected chi connectivity index (χ1v) is 48.0. The maximum Gasteiger partial charge on any atom is 0.291 e. The van der Waals surface area contributed by atoms with Gasteiger partial charge in [0.25, 0.3) is 28.5 Å². The number of nitrogens with zero attached hydrogens (tertiary/aromatic N) is 20. The van der Waals surface area contributed by atoms with Gasteiger partial charge in [-0.25, -0.2) is 114 Å². The monoisotopic (exact) mass is 1930 g/mol. The van der Waals surface area contributed by atoms with Gasteiger partial charge < -0.3 is 23.7 Å². The fourth-order valence-electron chi connectivity index (χ4n) is 15.4. The average molecular weight is 1930 g/mol. The number of hydrogen-bond donors (Lipinski definition) is 0. The van der Waals surface area contributed by atoms with Crippen LogP contribution in [0.3, 0.4) is 0 Å². The summed E-state index contributed by atoms with van der Waals surface area (Å²) >= 11 is 5.53. The molecule has 5 unspecified atom stereocenters. The number of thioether (sulfide) groups is 4. The number of benzene rings is 5. The van der Waals surface area contributed by atoms with E-state index in [1.54, 1.807) is 114 Å². The summed E-state index contributed by atoms with van der Waals surface area (Å²) in [5, 5.41) is 7.34. The Morgan fingerprint density at radius 1 is 0.336 bits per heavy atom. The summed E-state index contributed by atoms with van der Waals surface area (Å²) < 4.78 is 127. The van der Waals surface area contributed by atoms with Crippen molar-refractivity contribution >= 4 is 80.5 Å². The zero-order valence-electron chi connectivity index (χ0n) is 73.8. The highest BCUT2D eigenvalue weighted by molar-refractivity contribution is 7.99. The second-order valence-electron chi connectivity index (χ2n) is 30.4. The Morgan fingerprint density at radius 3 is 0.881 bits per heavy atom. The summed E-state index contributed by atoms with van der Waals surface area (Å²) in [6, 6.07) is 37.1. The van der Waals surface area contributed by atoms with Crippen molar-refractivity contribution in [1.29, 1.82) is 0 Å². The van der Waals surface area contributed by atoms with Crippen LogP contribution in [0.2, 0.25) is 0 Å². The fraction of sp³-hybridized carbons (Fsp3) is 0.300. The van der Waals surface area contributed by atoms with E-state index in [-0.39, 0.29) is 150 Å². The third kappa shape index (κ3) is 22.0. The molecule has 5 aromatic carbocycles. The van der Waals surface area contributed by atoms with E-state index in [4.69, 9.17) is 23.7 Å². The largest absolute Gasteiger partial charge is 0.378 e. The Bertz CT molecular complexity index is 6460. The Morgan fingerprint density at radius 2 is 0.590 bits per heavy atom. The van der Waals surface area contributed by atoms with Crippen LogP contribution < -0.4 is 16.7 Å². The van der Waals surface area contributed by atoms with E-state index in [2.05, 4.69) is 49.8 Å². The maximum absolute atomic E-state index is 13.4. The van der Waals surface area contributed by atoms with Crippen molar-refractivity contribution in [2.24, 2.45) is 0 Å². The number of ether oxygens (including phenoxy) is 5. The molecule has 44 heteroatoms. The van der Waals surface area contributed by atoms with E-state index in [1.807, 2.05) is 34.4 Å². The number of halogens is 5. The summed E-state index contributed by atoms with van der Waals surface area (Å²) in [5.74, 6) is -3.14. The van der Waals surface area contributed by atoms with E-state index >= 15 is 0 Å². The molecule has 34 nitrogen and oxygen atoms in total. The van der Waals surface area contributed by atoms with E-state index in [1.165, 1.54) is 190 Å². The molecule has 134 heavy (non-hydrogen) atoms. The van der Waals surface area contributed by atoms with Gasteiger partial charge in [0.15, 0.2) is 20.6 Å². The van der Waals surface area contributed by atoms with Gasteiger partial charge in [0.1, 0.15) is 40.5 Å². The lowest BCUT2D eigenvalue weighted by Crippen LogP contribution is -2.45. The molecule has 13 aromatic rings. The van der Waals surface area contributed by atoms with E-state index in [9.17, 15) is 63.9 Å². The Balaban J connectivity index is 0.000000134. The molecule has 0 N–H and O–H groups in total. The van der Waals surface area contributed by atoms with Crippen LogP contribution in [0.15, 0.2) is 223 Å². The fourth-order valence-corrected chi connectivity index (χ4v) is 17.4. The van der Waals surface area contributed by atoms with Crippen LogP contribution >= 0.6 is 47.0 Å². The molecule has 5 aliphatic rings. The Labute approximate surface area is 781 Å². The van der Waals surface area contributed by atoms with Crippen molar-refractivity contribution in [3.63, 3.8) is 0 Å². The summed E-state index contributed by atoms with van der Waals surface area (Å²) in [5.41, 5.74) is 7.92. The molecular formula is C90H89F5N20O14S5. The van der Waals surface area contributed by atoms with Crippen LogP contribution in [0, 0.1) is 29.1 Å². The third-order valence-corrected chi connectivity index (χ3v) is 25.2. The lowest BCUT2D eigenvalue weighted by molar-refractivity contribution is -0.140. The quantitative estimate of drug-likeness (QED) is 0.0345. The van der Waals surface area contributed by atoms with Crippen molar-refractivity contribution in [1.82, 2.24) is 98.0 Å². The van der Waals surface area contributed by atoms with Gasteiger partial charge in [0.05, 0.1) is 160 Å². The molecule has 5 atom stereocenters. The van der Waals surface area contributed by atoms with Gasteiger partial charge in [-0.1, -0.05) is 108 Å². The van der Waals surface area contributed by atoms with E-state index in [0.29, 0.717) is 139 Å². The smallest absolute Gasteiger partial charge is 0.291 e. The number of rotatable bonds is 22. The van der Waals surface area contributed by atoms with Crippen LogP contribution in [0.5, 0.6) is 0 Å². The molecule has 5 aliphatic heterocycles. The highest BCUT2D eigenvalue weighted by atomic mass is 32.2. The van der Waals surface area contributed by atoms with Crippen LogP contribution in [0.1, 0.15) is 32.1 Å². The number of sulfone groups is 1. The number of methoxy groups -OCH3 is 5. The zero-order chi connectivity index (χ0) is 95.3. The first-order valence-electron chi connectivity index (χ1n) is 41.2. The number of carbonyl (C=O) groups excluding carboxylic acids is 4. The van der Waals surface area contributed by atoms with Gasteiger partial charge in [0, 0.05) is 72.8 Å². The molecule has 8 aromatic heterocycles. The minimum absolute atomic E-state index is 0.0559. The van der Waals surface area contributed by atoms with Crippen LogP contribution in [-0.2, 0) is 95.2 Å². The minimum Gasteiger partial charge on any atom is -0.378 e. The van der Waals surface area contributed by atoms with Crippen molar-refractivity contribution in [2.75, 3.05) is 93.0 Å². The first-order chi connectivity index (χ1) is 64.5. The number of carbonyl (C=O) groups is 4. The van der Waals surface area contributed by atoms with Crippen LogP contribution in [0.4, 0.5) is 22.0 Å². The molecule has 0 radical (unpaired) electrons. The summed E-state index contributed by atoms with van der Waals surface area (Å²) in [6.45, 7) is 3.86. The molecule has 0 bridgehead atoms. The van der Waals surface area contributed by atoms with Gasteiger partial charge in [-0.05, 0) is 144 Å². The molecule has 0 aliphatic carbocycles. The summed E-state index contributed by atoms with van der Waals surface area (Å²) in [6.07, 6.45) is 15.4. The number of hydrogen-bond acceptors (Lipinski definition) is 28. The van der Waals surface area contributed by atoms with Crippen molar-refractivity contribution in [2.45, 2.75) is 108 Å². The molecule has 4 amide bonds. The average Bonchev–Trinajstić information content (AvgIpc) is 1.59. The molecule has 2 saturated heterocycles. The lowest BCUT2D eigenvalue weighted by atomic mass is 10.0. The number of fused-ring (bicyclic) bond motifs is 3. The van der Waals surface area contributed by atoms with Gasteiger partial charge >= 0.3 is 0 Å². The summed E-state index contributed by atoms with van der Waals surface area (Å²) in [7, 11) is 4.29. The summed E-state index contributed by atoms with van der Waals surface area (Å²) in [4.78, 5) is 133. The standard InChI is InChI=1S/C18H17FN4O4S.2C18H19FN4O3S.2C18H17FN4O2S/c1-27-13-9-22-16(14-7-8-20-18(21-14)28(2,25)26)15(17(24)23(22)10-13)11-3-5-12(19)6-4-11;2*1-26-14-10-22(16(24)9-12-3-5-13(19)6-4-12)23(11-14)17(25)15-7-8-20-18(21-15)27-2;2*1-25-13-9-22-16(14-7-8-20-18(21-14)26-2)15(17(24)23(22)10-13)11-3-5-12(19)6-4-11/h3-8,13H,9-10H2,1-2H3;2*3-8,14H,9-11H2,1-2H3;2*3-8,13H,9-10H2,1-2H3. The van der Waals surface area contributed by atoms with Gasteiger partial charge in [-0.15, -0.1) is 0 Å². The molecule has 18 rings (SSSR count). The number of aromatic nitrogens is 16. The third-order valence-electron chi connectivity index (χ3n) is 22.1. The molecule has 698 valence electrons. The predicted molar refractivity (Wildman–Crippen MR) is 489 cm³/mol. The number of hydrazine groups is 2. The SMILES string of the molecule is COC1CN(C(=O)Cc2ccc(F)cc2)N(C(=O)c2ccnc(SC)n2)C1.COC1CN(C(=O)Cc2ccc(F)cc2)N(C(=O)c2ccnc(SC)n2)C1.COC1Cn2c(-c3ccnc(S(C)(=O)=O)n3)c(-c3ccc(F)cc3)c(=O)n2C1.COC1Cn2c(-c3ccnc(SC)n3)c(-c3ccc(F)cc3)c(=O)n2C1.COC1Cn2c(-c3ccnc(SC)n3)c(-c3ccc(F)cc3)c(=O)n2C1. The lowest BCUT2D eigenvalue weighted by Gasteiger charge is -2.27. The second kappa shape index (κ2) is 43.5. The minimum atomic E-state index is -3.63. The van der Waals surface area contributed by atoms with Crippen molar-refractivity contribution in [3.8, 4) is 67.5 Å². The van der Waals surface area contributed by atoms with Crippen molar-refractivity contribution in [3.05, 3.63) is 265 Å². The predicted octanol–water partition coefficient (Wildman–Crippen LogP) is 10.3.